The number of aryl methyl sites for hydroxylation is 2. The van der Waals surface area contributed by atoms with E-state index >= 15 is 0 Å². The first-order valence-electron chi connectivity index (χ1n) is 15.2. The number of aromatic nitrogens is 10. The molecule has 0 saturated heterocycles. The topological polar surface area (TPSA) is 243 Å². The lowest BCUT2D eigenvalue weighted by atomic mass is 10.0. The molecule has 0 radical (unpaired) electrons. The van der Waals surface area contributed by atoms with Crippen molar-refractivity contribution in [1.82, 2.24) is 49.9 Å². The van der Waals surface area contributed by atoms with Crippen molar-refractivity contribution in [1.29, 1.82) is 0 Å². The molecule has 8 rings (SSSR count). The van der Waals surface area contributed by atoms with Crippen LogP contribution in [0, 0.1) is 13.8 Å². The third-order valence-corrected chi connectivity index (χ3v) is 7.98. The van der Waals surface area contributed by atoms with Gasteiger partial charge >= 0.3 is 0 Å². The molecule has 1 unspecified atom stereocenters. The number of benzene rings is 2. The minimum Gasteiger partial charge on any atom is -0.463 e. The molecule has 6 aromatic heterocycles. The second-order valence-electron chi connectivity index (χ2n) is 11.4. The summed E-state index contributed by atoms with van der Waals surface area (Å²) in [5.74, 6) is 1.42. The number of nitrogens with two attached hydrogens (primary N) is 4. The van der Waals surface area contributed by atoms with Crippen LogP contribution < -0.4 is 22.9 Å². The normalized spacial score (nSPS) is 11.9. The van der Waals surface area contributed by atoms with Crippen LogP contribution in [0.2, 0.25) is 0 Å². The zero-order valence-electron chi connectivity index (χ0n) is 26.8. The van der Waals surface area contributed by atoms with Crippen molar-refractivity contribution >= 4 is 45.6 Å². The van der Waals surface area contributed by atoms with E-state index in [1.165, 1.54) is 0 Å². The van der Waals surface area contributed by atoms with E-state index in [-0.39, 0.29) is 17.9 Å². The minimum absolute atomic E-state index is 0.114. The Bertz CT molecular complexity index is 2390. The molecule has 8 aromatic rings. The molecule has 0 amide bonds. The summed E-state index contributed by atoms with van der Waals surface area (Å²) in [5.41, 5.74) is 32.5. The molecule has 0 saturated carbocycles. The van der Waals surface area contributed by atoms with E-state index in [0.717, 1.165) is 27.9 Å². The van der Waals surface area contributed by atoms with Gasteiger partial charge in [-0.05, 0) is 79.4 Å². The monoisotopic (exact) mass is 656 g/mol. The number of hydrogen-bond acceptors (Lipinski definition) is 14. The van der Waals surface area contributed by atoms with Gasteiger partial charge in [-0.2, -0.15) is 9.97 Å². The van der Waals surface area contributed by atoms with Gasteiger partial charge < -0.3 is 31.8 Å². The molecule has 0 aliphatic heterocycles. The largest absolute Gasteiger partial charge is 0.463 e. The highest BCUT2D eigenvalue weighted by molar-refractivity contribution is 5.87. The summed E-state index contributed by atoms with van der Waals surface area (Å²) in [7, 11) is 0. The number of nitrogens with zero attached hydrogens (tertiary/aromatic N) is 10. The summed E-state index contributed by atoms with van der Waals surface area (Å²) < 4.78 is 14.2. The lowest BCUT2D eigenvalue weighted by Gasteiger charge is -2.13. The van der Waals surface area contributed by atoms with E-state index in [1.54, 1.807) is 46.2 Å². The predicted octanol–water partition coefficient (Wildman–Crippen LogP) is 4.57. The van der Waals surface area contributed by atoms with E-state index in [1.807, 2.05) is 57.2 Å². The Morgan fingerprint density at radius 3 is 1.88 bits per heavy atom. The lowest BCUT2D eigenvalue weighted by Crippen LogP contribution is -2.10. The summed E-state index contributed by atoms with van der Waals surface area (Å²) in [5, 5.41) is 16.9. The van der Waals surface area contributed by atoms with Crippen molar-refractivity contribution in [3.8, 4) is 22.9 Å². The maximum Gasteiger partial charge on any atom is 0.222 e. The molecule has 16 heteroatoms. The summed E-state index contributed by atoms with van der Waals surface area (Å²) in [4.78, 5) is 17.1. The summed E-state index contributed by atoms with van der Waals surface area (Å²) in [6, 6.07) is 18.7. The molecule has 8 N–H and O–H groups in total. The second-order valence-corrected chi connectivity index (χ2v) is 11.4. The molecule has 0 aliphatic carbocycles. The number of furan rings is 2. The molecule has 6 heterocycles. The summed E-state index contributed by atoms with van der Waals surface area (Å²) in [6.45, 7) is 6.47. The molecule has 16 nitrogen and oxygen atoms in total. The average Bonchev–Trinajstić information content (AvgIpc) is 3.91. The van der Waals surface area contributed by atoms with E-state index in [4.69, 9.17) is 31.8 Å². The van der Waals surface area contributed by atoms with Gasteiger partial charge in [-0.25, -0.2) is 19.3 Å². The van der Waals surface area contributed by atoms with Crippen molar-refractivity contribution < 1.29 is 8.83 Å². The van der Waals surface area contributed by atoms with Gasteiger partial charge in [-0.3, -0.25) is 0 Å². The quantitative estimate of drug-likeness (QED) is 0.179. The van der Waals surface area contributed by atoms with Gasteiger partial charge in [0.15, 0.2) is 33.8 Å². The molecule has 0 bridgehead atoms. The first-order chi connectivity index (χ1) is 23.7. The zero-order valence-corrected chi connectivity index (χ0v) is 26.8. The van der Waals surface area contributed by atoms with Crippen LogP contribution >= 0.6 is 0 Å². The van der Waals surface area contributed by atoms with Crippen molar-refractivity contribution in [3.63, 3.8) is 0 Å². The zero-order chi connectivity index (χ0) is 34.2. The van der Waals surface area contributed by atoms with Crippen LogP contribution in [0.4, 0.5) is 23.3 Å². The highest BCUT2D eigenvalue weighted by Gasteiger charge is 2.21. The van der Waals surface area contributed by atoms with Gasteiger partial charge in [0, 0.05) is 11.4 Å². The van der Waals surface area contributed by atoms with Crippen molar-refractivity contribution in [3.05, 3.63) is 95.4 Å². The Kier molecular flexibility index (Phi) is 7.79. The Hall–Kier alpha value is -6.84. The van der Waals surface area contributed by atoms with Crippen LogP contribution in [-0.2, 0) is 6.54 Å². The Morgan fingerprint density at radius 1 is 0.694 bits per heavy atom. The third kappa shape index (κ3) is 5.93. The number of rotatable bonds is 6. The van der Waals surface area contributed by atoms with Crippen LogP contribution in [0.25, 0.3) is 45.2 Å². The molecule has 0 fully saturated rings. The van der Waals surface area contributed by atoms with Crippen molar-refractivity contribution in [2.45, 2.75) is 33.4 Å². The smallest absolute Gasteiger partial charge is 0.222 e. The van der Waals surface area contributed by atoms with E-state index in [2.05, 4.69) is 40.6 Å². The maximum absolute atomic E-state index is 6.03. The van der Waals surface area contributed by atoms with Gasteiger partial charge in [0.2, 0.25) is 11.9 Å². The van der Waals surface area contributed by atoms with Gasteiger partial charge in [0.1, 0.15) is 11.4 Å². The molecular weight excluding hydrogens is 624 g/mol. The number of anilines is 4. The Balaban J connectivity index is 0.000000154. The first-order valence-corrected chi connectivity index (χ1v) is 15.2. The molecule has 0 aliphatic rings. The highest BCUT2D eigenvalue weighted by atomic mass is 16.3. The Labute approximate surface area is 278 Å². The second kappa shape index (κ2) is 12.4. The van der Waals surface area contributed by atoms with E-state index < -0.39 is 0 Å². The molecule has 246 valence electrons. The minimum atomic E-state index is -0.114. The average molecular weight is 657 g/mol. The molecule has 2 aromatic carbocycles. The van der Waals surface area contributed by atoms with Crippen molar-refractivity contribution in [2.75, 3.05) is 22.9 Å². The van der Waals surface area contributed by atoms with Crippen LogP contribution in [-0.4, -0.2) is 49.9 Å². The third-order valence-electron chi connectivity index (χ3n) is 7.98. The lowest BCUT2D eigenvalue weighted by molar-refractivity contribution is 0.556. The van der Waals surface area contributed by atoms with E-state index in [0.29, 0.717) is 57.5 Å². The maximum atomic E-state index is 6.03. The fraction of sp³-hybridized carbons (Fsp3) is 0.152. The van der Waals surface area contributed by atoms with Crippen LogP contribution in [0.5, 0.6) is 0 Å². The number of nitrogen functional groups attached to an aromatic ring is 4. The van der Waals surface area contributed by atoms with Gasteiger partial charge in [-0.15, -0.1) is 10.2 Å². The van der Waals surface area contributed by atoms with Gasteiger partial charge in [0.25, 0.3) is 0 Å². The van der Waals surface area contributed by atoms with E-state index in [9.17, 15) is 0 Å². The first kappa shape index (κ1) is 30.8. The molecular formula is C33H32N14O2. The van der Waals surface area contributed by atoms with Gasteiger partial charge in [0.05, 0.1) is 25.1 Å². The summed E-state index contributed by atoms with van der Waals surface area (Å²) >= 11 is 0. The number of hydrogen-bond donors (Lipinski definition) is 4. The fourth-order valence-corrected chi connectivity index (χ4v) is 5.55. The van der Waals surface area contributed by atoms with Crippen LogP contribution in [0.3, 0.4) is 0 Å². The SMILES string of the molecule is CC(c1cccc(N)c1)n1nnc2c(-c3ccco3)nc(N)nc21.Cc1cc(Cn2nnc3c(-c4ccco4)nc(N)nc32)cc(C)c1N. The molecule has 49 heavy (non-hydrogen) atoms. The predicted molar refractivity (Wildman–Crippen MR) is 185 cm³/mol. The van der Waals surface area contributed by atoms with Crippen LogP contribution in [0.1, 0.15) is 35.2 Å². The van der Waals surface area contributed by atoms with Crippen LogP contribution in [0.15, 0.2) is 82.0 Å². The Morgan fingerprint density at radius 2 is 1.29 bits per heavy atom. The highest BCUT2D eigenvalue weighted by Crippen LogP contribution is 2.29. The van der Waals surface area contributed by atoms with Crippen molar-refractivity contribution in [2.24, 2.45) is 0 Å². The molecule has 1 atom stereocenters. The summed E-state index contributed by atoms with van der Waals surface area (Å²) in [6.07, 6.45) is 3.14. The van der Waals surface area contributed by atoms with Gasteiger partial charge in [-0.1, -0.05) is 34.7 Å². The fourth-order valence-electron chi connectivity index (χ4n) is 5.55. The molecule has 0 spiro atoms. The standard InChI is InChI=1S/C17H17N7O.C16H15N7O/c1-9-6-11(7-10(2)13(9)18)8-24-16-15(22-23-24)14(20-17(19)21-16)12-4-3-5-25-12;1-9(10-4-2-5-11(17)8-10)23-15-14(21-22-23)13(19-16(18)20-15)12-6-3-7-24-12/h3-7H,8,18H2,1-2H3,(H2,19,20,21);2-9H,17H2,1H3,(H2,18,19,20). The number of fused-ring (bicyclic) bond motifs is 2.